The van der Waals surface area contributed by atoms with Gasteiger partial charge >= 0.3 is 0 Å². The first kappa shape index (κ1) is 24.7. The summed E-state index contributed by atoms with van der Waals surface area (Å²) in [5, 5.41) is 0. The molecule has 3 nitrogen and oxygen atoms in total. The number of aromatic nitrogens is 3. The summed E-state index contributed by atoms with van der Waals surface area (Å²) in [6, 6.07) is 30.9. The van der Waals surface area contributed by atoms with Crippen molar-refractivity contribution in [2.24, 2.45) is 0 Å². The number of nitrogens with zero attached hydrogens (tertiary/aromatic N) is 3. The van der Waals surface area contributed by atoms with Gasteiger partial charge in [-0.25, -0.2) is 0 Å². The molecule has 3 aromatic heterocycles. The topological polar surface area (TPSA) is 38.7 Å². The molecule has 0 spiro atoms. The summed E-state index contributed by atoms with van der Waals surface area (Å²) in [5.41, 5.74) is 10.3. The third kappa shape index (κ3) is 5.00. The zero-order valence-electron chi connectivity index (χ0n) is 19.9. The van der Waals surface area contributed by atoms with Crippen LogP contribution in [0, 0.1) is 19.1 Å². The van der Waals surface area contributed by atoms with Gasteiger partial charge in [-0.1, -0.05) is 68.7 Å². The second-order valence-corrected chi connectivity index (χ2v) is 8.93. The van der Waals surface area contributed by atoms with Crippen LogP contribution in [0.4, 0.5) is 0 Å². The van der Waals surface area contributed by atoms with Crippen LogP contribution in [0.3, 0.4) is 0 Å². The average Bonchev–Trinajstić information content (AvgIpc) is 3.12. The minimum atomic E-state index is 0. The third-order valence-electron chi connectivity index (χ3n) is 6.24. The van der Waals surface area contributed by atoms with Gasteiger partial charge in [-0.05, 0) is 40.6 Å². The van der Waals surface area contributed by atoms with Crippen molar-refractivity contribution in [2.45, 2.75) is 26.2 Å². The Kier molecular flexibility index (Phi) is 7.35. The predicted octanol–water partition coefficient (Wildman–Crippen LogP) is 7.10. The molecule has 0 N–H and O–H groups in total. The summed E-state index contributed by atoms with van der Waals surface area (Å²) in [4.78, 5) is 13.1. The van der Waals surface area contributed by atoms with Crippen molar-refractivity contribution >= 4 is 0 Å². The third-order valence-corrected chi connectivity index (χ3v) is 6.24. The van der Waals surface area contributed by atoms with E-state index in [0.717, 1.165) is 22.5 Å². The normalized spacial score (nSPS) is 12.4. The Balaban J connectivity index is 0.000000179. The van der Waals surface area contributed by atoms with Gasteiger partial charge in [-0.3, -0.25) is 0 Å². The molecular formula is C31H25IrN3-2. The molecule has 0 atom stereocenters. The first-order valence-electron chi connectivity index (χ1n) is 11.4. The summed E-state index contributed by atoms with van der Waals surface area (Å²) in [6.07, 6.45) is 7.40. The van der Waals surface area contributed by atoms with Crippen LogP contribution in [-0.4, -0.2) is 15.0 Å². The average molecular weight is 632 g/mol. The maximum absolute atomic E-state index is 4.61. The molecule has 0 saturated carbocycles. The van der Waals surface area contributed by atoms with Gasteiger partial charge in [-0.2, -0.15) is 0 Å². The number of rotatable bonds is 2. The fourth-order valence-electron chi connectivity index (χ4n) is 4.39. The second kappa shape index (κ2) is 10.4. The Bertz CT molecular complexity index is 1410. The van der Waals surface area contributed by atoms with E-state index in [0.29, 0.717) is 0 Å². The maximum atomic E-state index is 4.61. The van der Waals surface area contributed by atoms with E-state index in [1.807, 2.05) is 61.9 Å². The van der Waals surface area contributed by atoms with Crippen LogP contribution >= 0.6 is 0 Å². The number of fused-ring (bicyclic) bond motifs is 3. The van der Waals surface area contributed by atoms with Gasteiger partial charge in [0.1, 0.15) is 0 Å². The van der Waals surface area contributed by atoms with Crippen molar-refractivity contribution < 1.29 is 20.1 Å². The van der Waals surface area contributed by atoms with Crippen molar-refractivity contribution in [3.8, 4) is 33.6 Å². The summed E-state index contributed by atoms with van der Waals surface area (Å²) < 4.78 is 0. The minimum Gasteiger partial charge on any atom is -0.360 e. The fraction of sp³-hybridized carbons (Fsp3) is 0.129. The van der Waals surface area contributed by atoms with Crippen molar-refractivity contribution in [1.82, 2.24) is 15.0 Å². The summed E-state index contributed by atoms with van der Waals surface area (Å²) in [7, 11) is 0. The maximum Gasteiger partial charge on any atom is 0.0242 e. The standard InChI is InChI=1S/C19H15N2.C12H10N.Ir/c1-19(2)16-8-4-3-7-14(16)15-12-21-18(10-17(15)19)13-6-5-9-20-11-13;1-10-7-8-12(13-9-10)11-5-3-2-4-6-11;/h3-5,7-12H,1-2H3;2-5,7-9H,1H3;/q2*-1;. The fourth-order valence-corrected chi connectivity index (χ4v) is 4.39. The quantitative estimate of drug-likeness (QED) is 0.195. The molecule has 2 aromatic carbocycles. The Labute approximate surface area is 220 Å². The molecular weight excluding hydrogens is 607 g/mol. The Morgan fingerprint density at radius 1 is 0.686 bits per heavy atom. The van der Waals surface area contributed by atoms with E-state index in [-0.39, 0.29) is 25.5 Å². The van der Waals surface area contributed by atoms with E-state index in [4.69, 9.17) is 0 Å². The number of benzene rings is 2. The van der Waals surface area contributed by atoms with E-state index in [2.05, 4.69) is 77.3 Å². The molecule has 35 heavy (non-hydrogen) atoms. The molecule has 3 heterocycles. The van der Waals surface area contributed by atoms with Crippen LogP contribution in [0.25, 0.3) is 33.6 Å². The molecule has 6 rings (SSSR count). The molecule has 0 amide bonds. The zero-order valence-corrected chi connectivity index (χ0v) is 22.3. The number of hydrogen-bond donors (Lipinski definition) is 0. The molecule has 1 aliphatic carbocycles. The van der Waals surface area contributed by atoms with Gasteiger partial charge < -0.3 is 15.0 Å². The first-order chi connectivity index (χ1) is 16.5. The van der Waals surface area contributed by atoms with E-state index >= 15 is 0 Å². The smallest absolute Gasteiger partial charge is 0.0242 e. The van der Waals surface area contributed by atoms with E-state index < -0.39 is 0 Å². The summed E-state index contributed by atoms with van der Waals surface area (Å²) >= 11 is 0. The monoisotopic (exact) mass is 632 g/mol. The Morgan fingerprint density at radius 2 is 1.46 bits per heavy atom. The van der Waals surface area contributed by atoms with Crippen molar-refractivity contribution in [2.75, 3.05) is 0 Å². The van der Waals surface area contributed by atoms with Gasteiger partial charge in [0.25, 0.3) is 0 Å². The second-order valence-electron chi connectivity index (χ2n) is 8.93. The van der Waals surface area contributed by atoms with Gasteiger partial charge in [0.15, 0.2) is 0 Å². The largest absolute Gasteiger partial charge is 0.360 e. The van der Waals surface area contributed by atoms with Crippen LogP contribution in [0.5, 0.6) is 0 Å². The molecule has 175 valence electrons. The van der Waals surface area contributed by atoms with Gasteiger partial charge in [0, 0.05) is 43.5 Å². The van der Waals surface area contributed by atoms with Crippen molar-refractivity contribution in [3.63, 3.8) is 0 Å². The molecule has 1 aliphatic rings. The van der Waals surface area contributed by atoms with E-state index in [9.17, 15) is 0 Å². The van der Waals surface area contributed by atoms with Gasteiger partial charge in [-0.15, -0.1) is 53.6 Å². The van der Waals surface area contributed by atoms with Gasteiger partial charge in [0.05, 0.1) is 0 Å². The van der Waals surface area contributed by atoms with Crippen LogP contribution in [0.2, 0.25) is 0 Å². The number of pyridine rings is 3. The Morgan fingerprint density at radius 3 is 2.17 bits per heavy atom. The first-order valence-corrected chi connectivity index (χ1v) is 11.4. The summed E-state index contributed by atoms with van der Waals surface area (Å²) in [6.45, 7) is 6.58. The Hall–Kier alpha value is -3.46. The molecule has 0 unspecified atom stereocenters. The molecule has 0 bridgehead atoms. The molecule has 0 aliphatic heterocycles. The van der Waals surface area contributed by atoms with Crippen LogP contribution in [0.15, 0.2) is 97.6 Å². The molecule has 0 fully saturated rings. The molecule has 4 heteroatoms. The van der Waals surface area contributed by atoms with E-state index in [1.54, 1.807) is 6.20 Å². The molecule has 5 aromatic rings. The van der Waals surface area contributed by atoms with Gasteiger partial charge in [0.2, 0.25) is 0 Å². The van der Waals surface area contributed by atoms with E-state index in [1.165, 1.54) is 27.8 Å². The molecule has 1 radical (unpaired) electrons. The zero-order chi connectivity index (χ0) is 23.5. The number of hydrogen-bond acceptors (Lipinski definition) is 3. The minimum absolute atomic E-state index is 0. The van der Waals surface area contributed by atoms with Crippen LogP contribution in [0.1, 0.15) is 30.5 Å². The van der Waals surface area contributed by atoms with Crippen LogP contribution in [-0.2, 0) is 25.5 Å². The van der Waals surface area contributed by atoms with Crippen molar-refractivity contribution in [3.05, 3.63) is 126 Å². The van der Waals surface area contributed by atoms with Crippen molar-refractivity contribution in [1.29, 1.82) is 0 Å². The predicted molar refractivity (Wildman–Crippen MR) is 137 cm³/mol. The summed E-state index contributed by atoms with van der Waals surface area (Å²) in [5.74, 6) is 0. The number of aryl methyl sites for hydroxylation is 1. The molecule has 0 saturated heterocycles. The SMILES string of the molecule is CC1(C)c2ccccc2-c2cnc(-c3[c-]ccnc3)cc21.Cc1ccc(-c2[c-]cccc2)nc1.[Ir]. The van der Waals surface area contributed by atoms with Crippen LogP contribution < -0.4 is 0 Å².